The molecule has 0 saturated heterocycles. The predicted octanol–water partition coefficient (Wildman–Crippen LogP) is 3.03. The minimum Gasteiger partial charge on any atom is -0.300 e. The third-order valence-electron chi connectivity index (χ3n) is 2.83. The summed E-state index contributed by atoms with van der Waals surface area (Å²) >= 11 is 5.60. The fourth-order valence-electron chi connectivity index (χ4n) is 1.95. The molecule has 0 spiro atoms. The second-order valence-electron chi connectivity index (χ2n) is 3.94. The van der Waals surface area contributed by atoms with Crippen molar-refractivity contribution in [3.63, 3.8) is 0 Å². The summed E-state index contributed by atoms with van der Waals surface area (Å²) in [6.45, 7) is 0. The summed E-state index contributed by atoms with van der Waals surface area (Å²) in [5.74, 6) is -1.30. The summed E-state index contributed by atoms with van der Waals surface area (Å²) in [7, 11) is 0. The van der Waals surface area contributed by atoms with Gasteiger partial charge in [-0.1, -0.05) is 17.7 Å². The molecule has 1 aliphatic rings. The van der Waals surface area contributed by atoms with Crippen LogP contribution in [0.25, 0.3) is 0 Å². The number of ketones is 2. The molecule has 0 radical (unpaired) electrons. The molecular weight excluding hydrogens is 231 g/mol. The number of hydrogen-bond donors (Lipinski definition) is 0. The van der Waals surface area contributed by atoms with E-state index in [0.29, 0.717) is 12.8 Å². The van der Waals surface area contributed by atoms with E-state index in [9.17, 15) is 14.0 Å². The van der Waals surface area contributed by atoms with Gasteiger partial charge in [0.2, 0.25) is 0 Å². The molecule has 16 heavy (non-hydrogen) atoms. The first-order valence-electron chi connectivity index (χ1n) is 5.09. The topological polar surface area (TPSA) is 34.1 Å². The minimum atomic E-state index is -0.687. The van der Waals surface area contributed by atoms with Gasteiger partial charge in [0, 0.05) is 18.8 Å². The largest absolute Gasteiger partial charge is 0.300 e. The lowest BCUT2D eigenvalue weighted by atomic mass is 9.96. The Kier molecular flexibility index (Phi) is 3.06. The van der Waals surface area contributed by atoms with E-state index in [0.717, 1.165) is 0 Å². The van der Waals surface area contributed by atoms with Crippen LogP contribution in [0.15, 0.2) is 18.2 Å². The van der Waals surface area contributed by atoms with Gasteiger partial charge in [-0.3, -0.25) is 9.59 Å². The molecule has 1 saturated carbocycles. The van der Waals surface area contributed by atoms with E-state index in [1.54, 1.807) is 0 Å². The minimum absolute atomic E-state index is 0.00722. The molecule has 0 amide bonds. The molecule has 84 valence electrons. The number of rotatable bonds is 2. The van der Waals surface area contributed by atoms with Crippen molar-refractivity contribution >= 4 is 23.2 Å². The number of Topliss-reactive ketones (excluding diaryl/α,β-unsaturated/α-hetero) is 2. The lowest BCUT2D eigenvalue weighted by molar-refractivity contribution is -0.117. The van der Waals surface area contributed by atoms with Crippen molar-refractivity contribution in [3.8, 4) is 0 Å². The van der Waals surface area contributed by atoms with E-state index in [1.165, 1.54) is 18.2 Å². The van der Waals surface area contributed by atoms with Crippen LogP contribution in [-0.2, 0) is 4.79 Å². The van der Waals surface area contributed by atoms with Crippen LogP contribution in [-0.4, -0.2) is 11.6 Å². The number of carbonyl (C=O) groups is 2. The Morgan fingerprint density at radius 2 is 2.19 bits per heavy atom. The normalized spacial score (nSPS) is 20.1. The first-order valence-corrected chi connectivity index (χ1v) is 5.47. The molecule has 2 rings (SSSR count). The van der Waals surface area contributed by atoms with Gasteiger partial charge >= 0.3 is 0 Å². The second kappa shape index (κ2) is 4.34. The summed E-state index contributed by atoms with van der Waals surface area (Å²) in [4.78, 5) is 23.0. The van der Waals surface area contributed by atoms with E-state index in [4.69, 9.17) is 11.6 Å². The highest BCUT2D eigenvalue weighted by atomic mass is 35.5. The predicted molar refractivity (Wildman–Crippen MR) is 58.1 cm³/mol. The van der Waals surface area contributed by atoms with Crippen molar-refractivity contribution < 1.29 is 14.0 Å². The van der Waals surface area contributed by atoms with Gasteiger partial charge in [-0.2, -0.15) is 0 Å². The first kappa shape index (κ1) is 11.3. The van der Waals surface area contributed by atoms with Crippen molar-refractivity contribution in [2.75, 3.05) is 0 Å². The fourth-order valence-corrected chi connectivity index (χ4v) is 2.13. The average molecular weight is 241 g/mol. The molecule has 0 bridgehead atoms. The summed E-state index contributed by atoms with van der Waals surface area (Å²) in [6, 6.07) is 4.34. The number of halogens is 2. The van der Waals surface area contributed by atoms with Crippen molar-refractivity contribution in [1.82, 2.24) is 0 Å². The first-order chi connectivity index (χ1) is 7.59. The van der Waals surface area contributed by atoms with Gasteiger partial charge in [0.05, 0.1) is 10.6 Å². The molecule has 1 aliphatic carbocycles. The maximum absolute atomic E-state index is 13.6. The Bertz CT molecular complexity index is 456. The Labute approximate surface area is 97.4 Å². The average Bonchev–Trinajstić information content (AvgIpc) is 2.68. The lowest BCUT2D eigenvalue weighted by Crippen LogP contribution is -2.13. The van der Waals surface area contributed by atoms with Crippen molar-refractivity contribution in [2.45, 2.75) is 19.3 Å². The highest BCUT2D eigenvalue weighted by Gasteiger charge is 2.30. The van der Waals surface area contributed by atoms with Gasteiger partial charge in [0.25, 0.3) is 0 Å². The molecule has 1 fully saturated rings. The van der Waals surface area contributed by atoms with E-state index < -0.39 is 5.82 Å². The molecule has 2 nitrogen and oxygen atoms in total. The van der Waals surface area contributed by atoms with Crippen LogP contribution in [0.3, 0.4) is 0 Å². The highest BCUT2D eigenvalue weighted by Crippen LogP contribution is 2.28. The zero-order chi connectivity index (χ0) is 11.7. The number of hydrogen-bond acceptors (Lipinski definition) is 2. The molecule has 0 aromatic heterocycles. The van der Waals surface area contributed by atoms with Crippen LogP contribution in [0.4, 0.5) is 4.39 Å². The standard InChI is InChI=1S/C12H10ClFO2/c13-10-3-1-2-9(11(10)14)12(16)7-4-5-8(15)6-7/h1-3,7H,4-6H2. The molecule has 0 N–H and O–H groups in total. The SMILES string of the molecule is O=C1CCC(C(=O)c2cccc(Cl)c2F)C1. The van der Waals surface area contributed by atoms with Gasteiger partial charge in [-0.05, 0) is 18.6 Å². The van der Waals surface area contributed by atoms with Gasteiger partial charge in [-0.15, -0.1) is 0 Å². The second-order valence-corrected chi connectivity index (χ2v) is 4.35. The molecule has 1 aromatic rings. The van der Waals surface area contributed by atoms with Crippen LogP contribution in [0.5, 0.6) is 0 Å². The quantitative estimate of drug-likeness (QED) is 0.745. The Balaban J connectivity index is 2.27. The number of carbonyl (C=O) groups excluding carboxylic acids is 2. The highest BCUT2D eigenvalue weighted by molar-refractivity contribution is 6.31. The molecule has 0 aliphatic heterocycles. The molecular formula is C12H10ClFO2. The Hall–Kier alpha value is -1.22. The lowest BCUT2D eigenvalue weighted by Gasteiger charge is -2.08. The summed E-state index contributed by atoms with van der Waals surface area (Å²) < 4.78 is 13.6. The van der Waals surface area contributed by atoms with Gasteiger partial charge < -0.3 is 0 Å². The maximum Gasteiger partial charge on any atom is 0.169 e. The fraction of sp³-hybridized carbons (Fsp3) is 0.333. The van der Waals surface area contributed by atoms with Crippen LogP contribution < -0.4 is 0 Å². The summed E-state index contributed by atoms with van der Waals surface area (Å²) in [5, 5.41) is -0.0600. The van der Waals surface area contributed by atoms with E-state index >= 15 is 0 Å². The van der Waals surface area contributed by atoms with Gasteiger partial charge in [-0.25, -0.2) is 4.39 Å². The zero-order valence-corrected chi connectivity index (χ0v) is 9.26. The molecule has 0 heterocycles. The van der Waals surface area contributed by atoms with Crippen LogP contribution >= 0.6 is 11.6 Å². The molecule has 1 aromatic carbocycles. The molecule has 1 atom stereocenters. The van der Waals surface area contributed by atoms with Crippen LogP contribution in [0.2, 0.25) is 5.02 Å². The summed E-state index contributed by atoms with van der Waals surface area (Å²) in [6.07, 6.45) is 1.16. The van der Waals surface area contributed by atoms with E-state index in [2.05, 4.69) is 0 Å². The third kappa shape index (κ3) is 2.00. The van der Waals surface area contributed by atoms with Gasteiger partial charge in [0.15, 0.2) is 11.6 Å². The maximum atomic E-state index is 13.6. The summed E-state index contributed by atoms with van der Waals surface area (Å²) in [5.41, 5.74) is -0.00722. The molecule has 1 unspecified atom stereocenters. The van der Waals surface area contributed by atoms with Crippen LogP contribution in [0, 0.1) is 11.7 Å². The van der Waals surface area contributed by atoms with Crippen LogP contribution in [0.1, 0.15) is 29.6 Å². The molecule has 4 heteroatoms. The Morgan fingerprint density at radius 3 is 2.81 bits per heavy atom. The van der Waals surface area contributed by atoms with Crippen molar-refractivity contribution in [2.24, 2.45) is 5.92 Å². The third-order valence-corrected chi connectivity index (χ3v) is 3.13. The number of benzene rings is 1. The zero-order valence-electron chi connectivity index (χ0n) is 8.50. The smallest absolute Gasteiger partial charge is 0.169 e. The van der Waals surface area contributed by atoms with Crippen molar-refractivity contribution in [3.05, 3.63) is 34.6 Å². The van der Waals surface area contributed by atoms with E-state index in [1.807, 2.05) is 0 Å². The van der Waals surface area contributed by atoms with Gasteiger partial charge in [0.1, 0.15) is 5.78 Å². The Morgan fingerprint density at radius 1 is 1.44 bits per heavy atom. The van der Waals surface area contributed by atoms with E-state index in [-0.39, 0.29) is 34.5 Å². The monoisotopic (exact) mass is 240 g/mol. The van der Waals surface area contributed by atoms with Crippen molar-refractivity contribution in [1.29, 1.82) is 0 Å².